The van der Waals surface area contributed by atoms with Crippen molar-refractivity contribution in [2.45, 2.75) is 31.4 Å². The van der Waals surface area contributed by atoms with Crippen LogP contribution in [0.1, 0.15) is 19.3 Å². The molecule has 0 bridgehead atoms. The predicted molar refractivity (Wildman–Crippen MR) is 48.4 cm³/mol. The molecule has 0 saturated carbocycles. The fraction of sp³-hybridized carbons (Fsp3) is 0.889. The molecule has 0 aromatic rings. The third kappa shape index (κ3) is 2.19. The van der Waals surface area contributed by atoms with Crippen LogP contribution in [0.25, 0.3) is 0 Å². The van der Waals surface area contributed by atoms with Gasteiger partial charge in [-0.25, -0.2) is 0 Å². The Labute approximate surface area is 78.0 Å². The maximum Gasteiger partial charge on any atom is 0.323 e. The van der Waals surface area contributed by atoms with Crippen molar-refractivity contribution in [2.75, 3.05) is 19.6 Å². The van der Waals surface area contributed by atoms with Crippen molar-refractivity contribution >= 4 is 5.97 Å². The van der Waals surface area contributed by atoms with Crippen LogP contribution in [-0.2, 0) is 9.53 Å². The van der Waals surface area contributed by atoms with Gasteiger partial charge in [-0.1, -0.05) is 0 Å². The van der Waals surface area contributed by atoms with Crippen molar-refractivity contribution < 1.29 is 9.53 Å². The molecule has 2 aliphatic heterocycles. The summed E-state index contributed by atoms with van der Waals surface area (Å²) in [6, 6.07) is -0.0411. The molecule has 0 amide bonds. The molecule has 2 rings (SSSR count). The van der Waals surface area contributed by atoms with Crippen molar-refractivity contribution in [2.24, 2.45) is 0 Å². The second-order valence-electron chi connectivity index (χ2n) is 3.70. The monoisotopic (exact) mass is 184 g/mol. The minimum Gasteiger partial charge on any atom is -0.460 e. The molecule has 4 heteroatoms. The molecule has 2 N–H and O–H groups in total. The van der Waals surface area contributed by atoms with Crippen LogP contribution in [0.5, 0.6) is 0 Å². The van der Waals surface area contributed by atoms with Crippen molar-refractivity contribution in [3.8, 4) is 0 Å². The Kier molecular flexibility index (Phi) is 2.80. The van der Waals surface area contributed by atoms with E-state index in [9.17, 15) is 4.79 Å². The number of rotatable bonds is 2. The van der Waals surface area contributed by atoms with Crippen molar-refractivity contribution in [1.82, 2.24) is 10.6 Å². The van der Waals surface area contributed by atoms with Crippen molar-refractivity contribution in [3.05, 3.63) is 0 Å². The smallest absolute Gasteiger partial charge is 0.323 e. The first-order chi connectivity index (χ1) is 6.36. The number of hydrogen-bond donors (Lipinski definition) is 2. The Bertz CT molecular complexity index is 184. The average molecular weight is 184 g/mol. The van der Waals surface area contributed by atoms with Gasteiger partial charge < -0.3 is 15.4 Å². The van der Waals surface area contributed by atoms with Gasteiger partial charge in [-0.2, -0.15) is 0 Å². The van der Waals surface area contributed by atoms with Gasteiger partial charge in [0.05, 0.1) is 0 Å². The van der Waals surface area contributed by atoms with E-state index in [0.717, 1.165) is 38.9 Å². The third-order valence-electron chi connectivity index (χ3n) is 2.64. The Balaban J connectivity index is 1.76. The molecule has 1 unspecified atom stereocenters. The molecule has 0 radical (unpaired) electrons. The number of ether oxygens (including phenoxy) is 1. The first-order valence-electron chi connectivity index (χ1n) is 5.01. The Morgan fingerprint density at radius 3 is 2.85 bits per heavy atom. The molecule has 13 heavy (non-hydrogen) atoms. The van der Waals surface area contributed by atoms with Crippen LogP contribution >= 0.6 is 0 Å². The number of carbonyl (C=O) groups is 1. The number of carbonyl (C=O) groups excluding carboxylic acids is 1. The van der Waals surface area contributed by atoms with Gasteiger partial charge in [0, 0.05) is 6.54 Å². The summed E-state index contributed by atoms with van der Waals surface area (Å²) in [5.41, 5.74) is 0. The first kappa shape index (κ1) is 8.97. The molecule has 2 atom stereocenters. The zero-order valence-corrected chi connectivity index (χ0v) is 7.71. The van der Waals surface area contributed by atoms with Gasteiger partial charge in [-0.15, -0.1) is 0 Å². The molecular weight excluding hydrogens is 168 g/mol. The van der Waals surface area contributed by atoms with Crippen LogP contribution in [0.15, 0.2) is 0 Å². The van der Waals surface area contributed by atoms with Crippen LogP contribution < -0.4 is 10.6 Å². The lowest BCUT2D eigenvalue weighted by Gasteiger charge is -2.14. The molecule has 0 spiro atoms. The molecular formula is C9H16N2O2. The molecule has 0 aliphatic carbocycles. The van der Waals surface area contributed by atoms with E-state index >= 15 is 0 Å². The average Bonchev–Trinajstić information content (AvgIpc) is 2.74. The summed E-state index contributed by atoms with van der Waals surface area (Å²) in [5, 5.41) is 6.31. The molecule has 2 saturated heterocycles. The highest BCUT2D eigenvalue weighted by atomic mass is 16.5. The SMILES string of the molecule is O=C(OC1CCNC1)[C@@H]1CCCN1. The van der Waals surface area contributed by atoms with E-state index in [1.807, 2.05) is 0 Å². The first-order valence-corrected chi connectivity index (χ1v) is 5.01. The zero-order valence-electron chi connectivity index (χ0n) is 7.71. The largest absolute Gasteiger partial charge is 0.460 e. The summed E-state index contributed by atoms with van der Waals surface area (Å²) in [6.07, 6.45) is 3.08. The van der Waals surface area contributed by atoms with Crippen molar-refractivity contribution in [1.29, 1.82) is 0 Å². The van der Waals surface area contributed by atoms with Crippen LogP contribution in [0.3, 0.4) is 0 Å². The van der Waals surface area contributed by atoms with Crippen LogP contribution in [-0.4, -0.2) is 37.7 Å². The number of nitrogens with one attached hydrogen (secondary N) is 2. The summed E-state index contributed by atoms with van der Waals surface area (Å²) >= 11 is 0. The fourth-order valence-electron chi connectivity index (χ4n) is 1.86. The Morgan fingerprint density at radius 2 is 2.23 bits per heavy atom. The standard InChI is InChI=1S/C9H16N2O2/c12-9(8-2-1-4-11-8)13-7-3-5-10-6-7/h7-8,10-11H,1-6H2/t7?,8-/m0/s1. The third-order valence-corrected chi connectivity index (χ3v) is 2.64. The lowest BCUT2D eigenvalue weighted by molar-refractivity contribution is -0.150. The van der Waals surface area contributed by atoms with Gasteiger partial charge in [0.25, 0.3) is 0 Å². The van der Waals surface area contributed by atoms with Crippen LogP contribution in [0.4, 0.5) is 0 Å². The van der Waals surface area contributed by atoms with Crippen molar-refractivity contribution in [3.63, 3.8) is 0 Å². The molecule has 74 valence electrons. The molecule has 2 heterocycles. The van der Waals surface area contributed by atoms with E-state index in [2.05, 4.69) is 10.6 Å². The minimum absolute atomic E-state index is 0.0411. The van der Waals surface area contributed by atoms with E-state index in [4.69, 9.17) is 4.74 Å². The quantitative estimate of drug-likeness (QED) is 0.576. The van der Waals surface area contributed by atoms with Gasteiger partial charge >= 0.3 is 5.97 Å². The zero-order chi connectivity index (χ0) is 9.10. The summed E-state index contributed by atoms with van der Waals surface area (Å²) in [5.74, 6) is -0.0637. The Morgan fingerprint density at radius 1 is 1.31 bits per heavy atom. The molecule has 0 aromatic carbocycles. The number of esters is 1. The van der Waals surface area contributed by atoms with E-state index < -0.39 is 0 Å². The lowest BCUT2D eigenvalue weighted by Crippen LogP contribution is -2.35. The highest BCUT2D eigenvalue weighted by Crippen LogP contribution is 2.10. The molecule has 2 fully saturated rings. The second-order valence-corrected chi connectivity index (χ2v) is 3.70. The Hall–Kier alpha value is -0.610. The summed E-state index contributed by atoms with van der Waals surface area (Å²) in [6.45, 7) is 2.73. The van der Waals surface area contributed by atoms with Gasteiger partial charge in [-0.05, 0) is 32.4 Å². The minimum atomic E-state index is -0.0637. The maximum atomic E-state index is 11.5. The van der Waals surface area contributed by atoms with E-state index in [-0.39, 0.29) is 18.1 Å². The van der Waals surface area contributed by atoms with E-state index in [0.29, 0.717) is 0 Å². The van der Waals surface area contributed by atoms with Gasteiger partial charge in [0.1, 0.15) is 12.1 Å². The predicted octanol–water partition coefficient (Wildman–Crippen LogP) is -0.356. The van der Waals surface area contributed by atoms with Crippen LogP contribution in [0.2, 0.25) is 0 Å². The highest BCUT2D eigenvalue weighted by molar-refractivity contribution is 5.76. The summed E-state index contributed by atoms with van der Waals surface area (Å²) < 4.78 is 5.33. The second kappa shape index (κ2) is 4.07. The molecule has 2 aliphatic rings. The van der Waals surface area contributed by atoms with E-state index in [1.165, 1.54) is 0 Å². The van der Waals surface area contributed by atoms with Crippen LogP contribution in [0, 0.1) is 0 Å². The van der Waals surface area contributed by atoms with Gasteiger partial charge in [0.2, 0.25) is 0 Å². The number of hydrogen-bond acceptors (Lipinski definition) is 4. The van der Waals surface area contributed by atoms with Gasteiger partial charge in [0.15, 0.2) is 0 Å². The molecule has 4 nitrogen and oxygen atoms in total. The maximum absolute atomic E-state index is 11.5. The topological polar surface area (TPSA) is 50.4 Å². The molecule has 0 aromatic heterocycles. The summed E-state index contributed by atoms with van der Waals surface area (Å²) in [4.78, 5) is 11.5. The lowest BCUT2D eigenvalue weighted by atomic mass is 10.2. The summed E-state index contributed by atoms with van der Waals surface area (Å²) in [7, 11) is 0. The highest BCUT2D eigenvalue weighted by Gasteiger charge is 2.27. The fourth-order valence-corrected chi connectivity index (χ4v) is 1.86. The van der Waals surface area contributed by atoms with E-state index in [1.54, 1.807) is 0 Å². The van der Waals surface area contributed by atoms with Gasteiger partial charge in [-0.3, -0.25) is 4.79 Å². The normalized spacial score (nSPS) is 33.5.